The highest BCUT2D eigenvalue weighted by Gasteiger charge is 2.09. The molecule has 2 aromatic carbocycles. The van der Waals surface area contributed by atoms with Crippen LogP contribution in [0.4, 0.5) is 10.5 Å². The Hall–Kier alpha value is -2.20. The molecule has 0 aromatic heterocycles. The summed E-state index contributed by atoms with van der Waals surface area (Å²) in [5, 5.41) is 0.588. The third-order valence-corrected chi connectivity index (χ3v) is 3.75. The van der Waals surface area contributed by atoms with E-state index in [1.807, 2.05) is 18.2 Å². The second kappa shape index (κ2) is 9.83. The van der Waals surface area contributed by atoms with E-state index in [0.29, 0.717) is 17.3 Å². The van der Waals surface area contributed by atoms with Crippen molar-refractivity contribution >= 4 is 23.4 Å². The van der Waals surface area contributed by atoms with Gasteiger partial charge in [-0.3, -0.25) is 0 Å². The molecule has 0 aliphatic heterocycles. The molecular formula is C19H22ClNO3. The molecule has 5 heteroatoms. The van der Waals surface area contributed by atoms with Crippen LogP contribution in [0.15, 0.2) is 54.6 Å². The Morgan fingerprint density at radius 2 is 1.75 bits per heavy atom. The third kappa shape index (κ3) is 6.13. The van der Waals surface area contributed by atoms with Crippen LogP contribution in [0, 0.1) is 0 Å². The van der Waals surface area contributed by atoms with Crippen LogP contribution >= 0.6 is 11.6 Å². The maximum Gasteiger partial charge on any atom is 0.513 e. The lowest BCUT2D eigenvalue weighted by atomic mass is 10.2. The predicted octanol–water partition coefficient (Wildman–Crippen LogP) is 5.16. The summed E-state index contributed by atoms with van der Waals surface area (Å²) in [7, 11) is 0. The fraction of sp³-hybridized carbons (Fsp3) is 0.316. The quantitative estimate of drug-likeness (QED) is 0.488. The van der Waals surface area contributed by atoms with E-state index >= 15 is 0 Å². The molecule has 0 aliphatic rings. The minimum atomic E-state index is -0.708. The first kappa shape index (κ1) is 18.1. The Morgan fingerprint density at radius 3 is 2.42 bits per heavy atom. The minimum Gasteiger partial charge on any atom is -0.432 e. The molecule has 0 unspecified atom stereocenters. The zero-order chi connectivity index (χ0) is 17.2. The van der Waals surface area contributed by atoms with Gasteiger partial charge < -0.3 is 14.4 Å². The van der Waals surface area contributed by atoms with E-state index in [1.54, 1.807) is 24.3 Å². The number of unbranched alkanes of at least 4 members (excludes halogenated alkanes) is 1. The maximum absolute atomic E-state index is 11.7. The van der Waals surface area contributed by atoms with Gasteiger partial charge in [-0.15, -0.1) is 0 Å². The predicted molar refractivity (Wildman–Crippen MR) is 97.0 cm³/mol. The Morgan fingerprint density at radius 1 is 1.04 bits per heavy atom. The number of anilines is 1. The highest BCUT2D eigenvalue weighted by Crippen LogP contribution is 2.16. The summed E-state index contributed by atoms with van der Waals surface area (Å²) in [5.74, 6) is 0.412. The molecule has 0 heterocycles. The molecule has 128 valence electrons. The zero-order valence-electron chi connectivity index (χ0n) is 13.8. The van der Waals surface area contributed by atoms with Crippen molar-refractivity contribution in [3.63, 3.8) is 0 Å². The van der Waals surface area contributed by atoms with Crippen LogP contribution in [0.1, 0.15) is 19.8 Å². The van der Waals surface area contributed by atoms with Crippen LogP contribution in [0.3, 0.4) is 0 Å². The molecule has 0 saturated carbocycles. The van der Waals surface area contributed by atoms with Crippen LogP contribution in [-0.2, 0) is 4.74 Å². The molecule has 2 aromatic rings. The molecule has 0 fully saturated rings. The van der Waals surface area contributed by atoms with Crippen molar-refractivity contribution in [2.45, 2.75) is 19.8 Å². The number of para-hydroxylation sites is 1. The Balaban J connectivity index is 1.81. The van der Waals surface area contributed by atoms with Gasteiger partial charge >= 0.3 is 6.16 Å². The summed E-state index contributed by atoms with van der Waals surface area (Å²) in [5.41, 5.74) is 1.13. The van der Waals surface area contributed by atoms with Crippen molar-refractivity contribution in [2.24, 2.45) is 0 Å². The second-order valence-electron chi connectivity index (χ2n) is 5.33. The van der Waals surface area contributed by atoms with Gasteiger partial charge in [0.15, 0.2) is 0 Å². The number of nitrogens with zero attached hydrogens (tertiary/aromatic N) is 1. The number of hydrogen-bond donors (Lipinski definition) is 0. The van der Waals surface area contributed by atoms with E-state index in [-0.39, 0.29) is 6.61 Å². The van der Waals surface area contributed by atoms with Crippen LogP contribution in [-0.4, -0.2) is 25.9 Å². The lowest BCUT2D eigenvalue weighted by Gasteiger charge is -2.24. The van der Waals surface area contributed by atoms with Crippen LogP contribution < -0.4 is 9.64 Å². The van der Waals surface area contributed by atoms with E-state index in [2.05, 4.69) is 24.0 Å². The second-order valence-corrected chi connectivity index (χ2v) is 5.77. The number of rotatable bonds is 8. The van der Waals surface area contributed by atoms with Crippen molar-refractivity contribution in [2.75, 3.05) is 24.6 Å². The van der Waals surface area contributed by atoms with Gasteiger partial charge in [0.25, 0.3) is 0 Å². The first-order chi connectivity index (χ1) is 11.7. The van der Waals surface area contributed by atoms with E-state index in [1.165, 1.54) is 0 Å². The molecule has 0 amide bonds. The molecule has 0 radical (unpaired) electrons. The van der Waals surface area contributed by atoms with Gasteiger partial charge in [0, 0.05) is 17.3 Å². The smallest absolute Gasteiger partial charge is 0.432 e. The number of carbonyl (C=O) groups is 1. The van der Waals surface area contributed by atoms with E-state index < -0.39 is 6.16 Å². The Labute approximate surface area is 147 Å². The van der Waals surface area contributed by atoms with Crippen molar-refractivity contribution in [1.82, 2.24) is 0 Å². The lowest BCUT2D eigenvalue weighted by Crippen LogP contribution is -2.29. The van der Waals surface area contributed by atoms with E-state index in [4.69, 9.17) is 21.1 Å². The van der Waals surface area contributed by atoms with Crippen molar-refractivity contribution in [3.05, 3.63) is 59.6 Å². The topological polar surface area (TPSA) is 38.8 Å². The lowest BCUT2D eigenvalue weighted by molar-refractivity contribution is 0.101. The molecule has 0 bridgehead atoms. The van der Waals surface area contributed by atoms with Crippen molar-refractivity contribution in [3.8, 4) is 5.75 Å². The van der Waals surface area contributed by atoms with Gasteiger partial charge in [-0.2, -0.15) is 0 Å². The SMILES string of the molecule is CCCCN(CCOC(=O)Oc1ccc(Cl)cc1)c1ccccc1. The monoisotopic (exact) mass is 347 g/mol. The first-order valence-corrected chi connectivity index (χ1v) is 8.47. The zero-order valence-corrected chi connectivity index (χ0v) is 14.5. The van der Waals surface area contributed by atoms with Crippen LogP contribution in [0.2, 0.25) is 5.02 Å². The summed E-state index contributed by atoms with van der Waals surface area (Å²) in [6.07, 6.45) is 1.49. The number of carbonyl (C=O) groups excluding carboxylic acids is 1. The molecule has 24 heavy (non-hydrogen) atoms. The fourth-order valence-electron chi connectivity index (χ4n) is 2.23. The summed E-state index contributed by atoms with van der Waals surface area (Å²) < 4.78 is 10.3. The number of ether oxygens (including phenoxy) is 2. The summed E-state index contributed by atoms with van der Waals surface area (Å²) >= 11 is 5.79. The summed E-state index contributed by atoms with van der Waals surface area (Å²) in [4.78, 5) is 13.9. The number of benzene rings is 2. The molecular weight excluding hydrogens is 326 g/mol. The van der Waals surface area contributed by atoms with Gasteiger partial charge in [-0.1, -0.05) is 43.1 Å². The molecule has 0 N–H and O–H groups in total. The Bertz CT molecular complexity index is 616. The fourth-order valence-corrected chi connectivity index (χ4v) is 2.35. The molecule has 0 spiro atoms. The number of hydrogen-bond acceptors (Lipinski definition) is 4. The average Bonchev–Trinajstić information content (AvgIpc) is 2.60. The first-order valence-electron chi connectivity index (χ1n) is 8.09. The van der Waals surface area contributed by atoms with Gasteiger partial charge in [0.2, 0.25) is 0 Å². The highest BCUT2D eigenvalue weighted by atomic mass is 35.5. The minimum absolute atomic E-state index is 0.269. The van der Waals surface area contributed by atoms with Crippen LogP contribution in [0.5, 0.6) is 5.75 Å². The summed E-state index contributed by atoms with van der Waals surface area (Å²) in [6, 6.07) is 16.7. The molecule has 0 saturated heterocycles. The van der Waals surface area contributed by atoms with Gasteiger partial charge in [0.05, 0.1) is 6.54 Å². The van der Waals surface area contributed by atoms with Gasteiger partial charge in [-0.05, 0) is 42.8 Å². The average molecular weight is 348 g/mol. The van der Waals surface area contributed by atoms with Crippen molar-refractivity contribution < 1.29 is 14.3 Å². The summed E-state index contributed by atoms with van der Waals surface area (Å²) in [6.45, 7) is 3.98. The standard InChI is InChI=1S/C19H22ClNO3/c1-2-3-13-21(17-7-5-4-6-8-17)14-15-23-19(22)24-18-11-9-16(20)10-12-18/h4-12H,2-3,13-15H2,1H3. The number of halogens is 1. The van der Waals surface area contributed by atoms with Gasteiger partial charge in [-0.25, -0.2) is 4.79 Å². The van der Waals surface area contributed by atoms with Crippen LogP contribution in [0.25, 0.3) is 0 Å². The maximum atomic E-state index is 11.7. The highest BCUT2D eigenvalue weighted by molar-refractivity contribution is 6.30. The van der Waals surface area contributed by atoms with Crippen molar-refractivity contribution in [1.29, 1.82) is 0 Å². The molecule has 0 aliphatic carbocycles. The largest absolute Gasteiger partial charge is 0.513 e. The normalized spacial score (nSPS) is 10.2. The molecule has 2 rings (SSSR count). The Kier molecular flexibility index (Phi) is 7.43. The molecule has 4 nitrogen and oxygen atoms in total. The van der Waals surface area contributed by atoms with Gasteiger partial charge in [0.1, 0.15) is 12.4 Å². The van der Waals surface area contributed by atoms with E-state index in [9.17, 15) is 4.79 Å². The third-order valence-electron chi connectivity index (χ3n) is 3.50. The van der Waals surface area contributed by atoms with E-state index in [0.717, 1.165) is 25.1 Å². The molecule has 0 atom stereocenters.